The average molecular weight is 907 g/mol. The van der Waals surface area contributed by atoms with E-state index in [0.717, 1.165) is 11.8 Å². The third kappa shape index (κ3) is 7.13. The molecule has 0 aromatic heterocycles. The van der Waals surface area contributed by atoms with Crippen molar-refractivity contribution in [2.45, 2.75) is 133 Å². The van der Waals surface area contributed by atoms with E-state index in [4.69, 9.17) is 0 Å². The van der Waals surface area contributed by atoms with Crippen LogP contribution in [0.4, 0.5) is 0 Å². The van der Waals surface area contributed by atoms with Crippen LogP contribution in [-0.2, 0) is 17.4 Å². The van der Waals surface area contributed by atoms with Gasteiger partial charge in [-0.1, -0.05) is 0 Å². The third-order valence-electron chi connectivity index (χ3n) is 16.9. The molecule has 4 fully saturated rings. The fourth-order valence-corrected chi connectivity index (χ4v) is 33.9. The Bertz CT molecular complexity index is 2160. The van der Waals surface area contributed by atoms with E-state index >= 15 is 0 Å². The van der Waals surface area contributed by atoms with Gasteiger partial charge >= 0.3 is 344 Å². The van der Waals surface area contributed by atoms with Gasteiger partial charge in [0.05, 0.1) is 0 Å². The van der Waals surface area contributed by atoms with Crippen LogP contribution < -0.4 is 0 Å². The first kappa shape index (κ1) is 42.7. The number of hydrogen-bond acceptors (Lipinski definition) is 0. The molecule has 2 unspecified atom stereocenters. The summed E-state index contributed by atoms with van der Waals surface area (Å²) < 4.78 is 7.00. The molecule has 0 heterocycles. The van der Waals surface area contributed by atoms with E-state index in [0.29, 0.717) is 29.9 Å². The fourth-order valence-electron chi connectivity index (χ4n) is 14.2. The molecule has 6 aliphatic carbocycles. The van der Waals surface area contributed by atoms with Crippen molar-refractivity contribution in [2.24, 2.45) is 22.7 Å². The molecule has 10 rings (SSSR count). The number of benzene rings is 4. The second-order valence-corrected chi connectivity index (χ2v) is 52.5. The predicted octanol–water partition coefficient (Wildman–Crippen LogP) is 16.0. The molecule has 58 heavy (non-hydrogen) atoms. The van der Waals surface area contributed by atoms with Gasteiger partial charge in [0.1, 0.15) is 0 Å². The maximum atomic E-state index is 2.93. The van der Waals surface area contributed by atoms with Crippen molar-refractivity contribution in [2.75, 3.05) is 0 Å². The summed E-state index contributed by atoms with van der Waals surface area (Å²) in [6.45, 7) is 11.9. The molecule has 4 aromatic carbocycles. The van der Waals surface area contributed by atoms with Crippen LogP contribution in [0.2, 0.25) is 9.26 Å². The molecule has 6 aliphatic rings. The monoisotopic (exact) mass is 904 g/mol. The predicted molar refractivity (Wildman–Crippen MR) is 255 cm³/mol. The Hall–Kier alpha value is -1.96. The van der Waals surface area contributed by atoms with E-state index in [1.807, 2.05) is 11.1 Å². The Morgan fingerprint density at radius 3 is 1.22 bits per heavy atom. The van der Waals surface area contributed by atoms with Crippen LogP contribution in [0, 0.1) is 22.7 Å². The molecule has 0 aliphatic heterocycles. The van der Waals surface area contributed by atoms with E-state index in [1.165, 1.54) is 110 Å². The fraction of sp³-hybridized carbons (Fsp3) is 0.481. The molecule has 2 atom stereocenters. The van der Waals surface area contributed by atoms with Crippen LogP contribution in [0.5, 0.6) is 0 Å². The molecule has 0 spiro atoms. The number of allylic oxidation sites excluding steroid dienone is 2. The molecule has 0 nitrogen and oxygen atoms in total. The number of halogens is 2. The minimum absolute atomic E-state index is 0. The van der Waals surface area contributed by atoms with Gasteiger partial charge in [0, 0.05) is 0 Å². The summed E-state index contributed by atoms with van der Waals surface area (Å²) in [5.41, 5.74) is 19.7. The van der Waals surface area contributed by atoms with Gasteiger partial charge in [0.25, 0.3) is 0 Å². The minimum atomic E-state index is -3.89. The van der Waals surface area contributed by atoms with Crippen molar-refractivity contribution in [3.8, 4) is 22.3 Å². The van der Waals surface area contributed by atoms with Crippen LogP contribution in [0.15, 0.2) is 96.1 Å². The Morgan fingerprint density at radius 1 is 0.552 bits per heavy atom. The van der Waals surface area contributed by atoms with Gasteiger partial charge in [-0.05, 0) is 0 Å². The maximum Gasteiger partial charge on any atom is -0.147 e. The quantitative estimate of drug-likeness (QED) is 0.139. The van der Waals surface area contributed by atoms with Gasteiger partial charge in [-0.25, -0.2) is 0 Å². The van der Waals surface area contributed by atoms with Crippen molar-refractivity contribution in [3.63, 3.8) is 0 Å². The Kier molecular flexibility index (Phi) is 11.4. The largest absolute Gasteiger partial charge is 0.147 e. The minimum Gasteiger partial charge on any atom is -0.147 e. The van der Waals surface area contributed by atoms with Crippen LogP contribution in [0.1, 0.15) is 157 Å². The Balaban J connectivity index is 0.00000235. The van der Waals surface area contributed by atoms with E-state index in [2.05, 4.69) is 141 Å². The van der Waals surface area contributed by atoms with Gasteiger partial charge in [-0.2, -0.15) is 0 Å². The SMILES string of the molecule is CC(C)c1ccc(-c2cccc3c2C=C(CC24CCC(CC2)C4)[CH]3[Zr]([CH3])([CH3])(=[SiH2])[CH]2C(CC34CCC(CC3)C4)=Cc3c(-c4ccc(C(C)C)cc4)cccc32)cc1.Cl.Cl. The van der Waals surface area contributed by atoms with Crippen molar-refractivity contribution in [1.82, 2.24) is 0 Å². The second-order valence-electron chi connectivity index (χ2n) is 22.1. The maximum absolute atomic E-state index is 3.89. The summed E-state index contributed by atoms with van der Waals surface area (Å²) >= 11 is -3.89. The molecule has 4 aromatic rings. The first-order chi connectivity index (χ1) is 26.8. The van der Waals surface area contributed by atoms with Gasteiger partial charge in [-0.3, -0.25) is 0 Å². The van der Waals surface area contributed by atoms with Crippen LogP contribution in [-0.4, -0.2) is 6.88 Å². The zero-order chi connectivity index (χ0) is 38.6. The summed E-state index contributed by atoms with van der Waals surface area (Å²) in [5, 5.41) is 0. The van der Waals surface area contributed by atoms with Gasteiger partial charge in [0.15, 0.2) is 0 Å². The molecular formula is C54H68Cl2SiZr. The van der Waals surface area contributed by atoms with Gasteiger partial charge < -0.3 is 0 Å². The average Bonchev–Trinajstić information content (AvgIpc) is 4.04. The summed E-state index contributed by atoms with van der Waals surface area (Å²) in [4.78, 5) is 0. The zero-order valence-electron chi connectivity index (χ0n) is 36.2. The summed E-state index contributed by atoms with van der Waals surface area (Å²) in [6.07, 6.45) is 22.9. The normalized spacial score (nSPS) is 28.0. The van der Waals surface area contributed by atoms with Crippen molar-refractivity contribution >= 4 is 43.8 Å². The van der Waals surface area contributed by atoms with E-state index in [1.54, 1.807) is 22.3 Å². The van der Waals surface area contributed by atoms with Gasteiger partial charge in [0.2, 0.25) is 0 Å². The number of hydrogen-bond donors (Lipinski definition) is 0. The Morgan fingerprint density at radius 2 is 0.914 bits per heavy atom. The van der Waals surface area contributed by atoms with E-state index < -0.39 is 17.4 Å². The zero-order valence-corrected chi connectivity index (χ0v) is 41.7. The standard InChI is InChI=1S/2C26H29.2CH3.2ClH.H2Si.Zr/c2*1-18(2)21-6-8-22(9-7-21)24-5-3-4-23-14-20(15-25(23)24)17-26-12-10-19(16-26)11-13-26;;;;;;/h2*3-9,14-15,18-19H,10-13,16-17H2,1-2H3;2*1H3;2*1H;1H2;. The van der Waals surface area contributed by atoms with Crippen LogP contribution in [0.3, 0.4) is 0 Å². The molecule has 0 saturated heterocycles. The third-order valence-corrected chi connectivity index (χ3v) is 34.4. The first-order valence-corrected chi connectivity index (χ1v) is 36.4. The van der Waals surface area contributed by atoms with Crippen molar-refractivity contribution in [1.29, 1.82) is 0 Å². The molecule has 0 amide bonds. The Labute approximate surface area is 365 Å². The number of fused-ring (bicyclic) bond motifs is 6. The molecule has 306 valence electrons. The summed E-state index contributed by atoms with van der Waals surface area (Å²) in [7, 11) is 0. The van der Waals surface area contributed by atoms with Crippen LogP contribution in [0.25, 0.3) is 34.4 Å². The van der Waals surface area contributed by atoms with Crippen molar-refractivity contribution < 1.29 is 17.4 Å². The second kappa shape index (κ2) is 15.4. The number of rotatable bonds is 10. The topological polar surface area (TPSA) is 0 Å². The smallest absolute Gasteiger partial charge is 0.147 e. The van der Waals surface area contributed by atoms with Gasteiger partial charge in [-0.15, -0.1) is 24.8 Å². The van der Waals surface area contributed by atoms with Crippen LogP contribution >= 0.6 is 24.8 Å². The van der Waals surface area contributed by atoms with E-state index in [-0.39, 0.29) is 24.8 Å². The molecule has 4 saturated carbocycles. The summed E-state index contributed by atoms with van der Waals surface area (Å²) in [6, 6.07) is 34.1. The van der Waals surface area contributed by atoms with E-state index in [9.17, 15) is 0 Å². The first-order valence-electron chi connectivity index (χ1n) is 22.7. The molecule has 0 radical (unpaired) electrons. The molecule has 4 bridgehead atoms. The van der Waals surface area contributed by atoms with Crippen molar-refractivity contribution in [3.05, 3.63) is 129 Å². The molecule has 0 N–H and O–H groups in total. The summed E-state index contributed by atoms with van der Waals surface area (Å²) in [5.74, 6) is 3.06. The molecule has 4 heteroatoms. The molecular weight excluding hydrogens is 839 g/mol.